The monoisotopic (exact) mass is 527 g/mol. The van der Waals surface area contributed by atoms with Gasteiger partial charge in [-0.2, -0.15) is 0 Å². The first-order valence-corrected chi connectivity index (χ1v) is 14.7. The van der Waals surface area contributed by atoms with Crippen LogP contribution in [0, 0.1) is 6.92 Å². The Kier molecular flexibility index (Phi) is 4.46. The van der Waals surface area contributed by atoms with Crippen molar-refractivity contribution in [3.8, 4) is 16.8 Å². The maximum atomic E-state index is 2.44. The smallest absolute Gasteiger partial charge is 0.0735 e. The van der Waals surface area contributed by atoms with E-state index in [2.05, 4.69) is 145 Å². The fraction of sp³-hybridized carbons (Fsp3) is 0.0526. The standard InChI is InChI=1S/C38H25NS/c1-24-18-20-25(21-19-24)39-33-16-8-4-12-28(33)36-34(39)23-22-32-37(36)40-35-17-9-7-15-31(35)38(32)29-13-5-2-10-26(29)27-11-3-6-14-30(27)38/h2-23H,1H3. The number of nitrogens with zero attached hydrogens (tertiary/aromatic N) is 1. The highest BCUT2D eigenvalue weighted by molar-refractivity contribution is 7.99. The van der Waals surface area contributed by atoms with Crippen LogP contribution in [0.5, 0.6) is 0 Å². The van der Waals surface area contributed by atoms with Gasteiger partial charge in [0, 0.05) is 26.3 Å². The summed E-state index contributed by atoms with van der Waals surface area (Å²) in [5.74, 6) is 0. The highest BCUT2D eigenvalue weighted by Crippen LogP contribution is 2.63. The minimum atomic E-state index is -0.356. The van der Waals surface area contributed by atoms with Crippen molar-refractivity contribution in [3.05, 3.63) is 161 Å². The molecule has 0 saturated heterocycles. The molecule has 0 N–H and O–H groups in total. The van der Waals surface area contributed by atoms with E-state index in [0.29, 0.717) is 0 Å². The van der Waals surface area contributed by atoms with Crippen LogP contribution in [0.3, 0.4) is 0 Å². The summed E-state index contributed by atoms with van der Waals surface area (Å²) in [7, 11) is 0. The van der Waals surface area contributed by atoms with E-state index in [1.807, 2.05) is 11.8 Å². The third-order valence-electron chi connectivity index (χ3n) is 8.94. The highest BCUT2D eigenvalue weighted by atomic mass is 32.2. The Morgan fingerprint density at radius 1 is 0.525 bits per heavy atom. The molecule has 0 atom stereocenters. The summed E-state index contributed by atoms with van der Waals surface area (Å²) in [6.45, 7) is 2.15. The largest absolute Gasteiger partial charge is 0.309 e. The van der Waals surface area contributed by atoms with E-state index >= 15 is 0 Å². The van der Waals surface area contributed by atoms with E-state index in [4.69, 9.17) is 0 Å². The van der Waals surface area contributed by atoms with Crippen molar-refractivity contribution in [2.45, 2.75) is 22.1 Å². The molecule has 2 heteroatoms. The van der Waals surface area contributed by atoms with E-state index in [0.717, 1.165) is 0 Å². The summed E-state index contributed by atoms with van der Waals surface area (Å²) in [6, 6.07) is 49.7. The van der Waals surface area contributed by atoms with E-state index in [-0.39, 0.29) is 5.41 Å². The van der Waals surface area contributed by atoms with Crippen LogP contribution in [0.15, 0.2) is 143 Å². The Balaban J connectivity index is 1.47. The number of hydrogen-bond acceptors (Lipinski definition) is 1. The van der Waals surface area contributed by atoms with Crippen LogP contribution in [0.2, 0.25) is 0 Å². The Morgan fingerprint density at radius 3 is 1.90 bits per heavy atom. The first kappa shape index (κ1) is 22.3. The molecule has 0 fully saturated rings. The number of aromatic nitrogens is 1. The van der Waals surface area contributed by atoms with Gasteiger partial charge in [0.1, 0.15) is 0 Å². The average molecular weight is 528 g/mol. The number of para-hydroxylation sites is 1. The lowest BCUT2D eigenvalue weighted by Crippen LogP contribution is -2.32. The van der Waals surface area contributed by atoms with Gasteiger partial charge < -0.3 is 4.57 Å². The van der Waals surface area contributed by atoms with Crippen molar-refractivity contribution in [3.63, 3.8) is 0 Å². The lowest BCUT2D eigenvalue weighted by molar-refractivity contribution is 0.726. The van der Waals surface area contributed by atoms with Crippen molar-refractivity contribution in [1.29, 1.82) is 0 Å². The molecular weight excluding hydrogens is 502 g/mol. The van der Waals surface area contributed by atoms with E-state index in [9.17, 15) is 0 Å². The lowest BCUT2D eigenvalue weighted by atomic mass is 9.67. The molecule has 0 amide bonds. The molecule has 2 heterocycles. The predicted molar refractivity (Wildman–Crippen MR) is 167 cm³/mol. The number of hydrogen-bond donors (Lipinski definition) is 0. The second kappa shape index (κ2) is 8.00. The van der Waals surface area contributed by atoms with E-state index < -0.39 is 0 Å². The first-order valence-electron chi connectivity index (χ1n) is 13.9. The van der Waals surface area contributed by atoms with Crippen molar-refractivity contribution in [2.75, 3.05) is 0 Å². The maximum Gasteiger partial charge on any atom is 0.0735 e. The van der Waals surface area contributed by atoms with Gasteiger partial charge in [0.15, 0.2) is 0 Å². The Labute approximate surface area is 237 Å². The molecule has 1 aliphatic carbocycles. The van der Waals surface area contributed by atoms with Crippen molar-refractivity contribution < 1.29 is 0 Å². The molecule has 1 aromatic heterocycles. The molecular formula is C38H25NS. The molecule has 6 aromatic carbocycles. The van der Waals surface area contributed by atoms with Crippen LogP contribution < -0.4 is 0 Å². The summed E-state index contributed by atoms with van der Waals surface area (Å²) in [6.07, 6.45) is 0. The van der Waals surface area contributed by atoms with Crippen molar-refractivity contribution in [1.82, 2.24) is 4.57 Å². The molecule has 1 aliphatic heterocycles. The van der Waals surface area contributed by atoms with Crippen molar-refractivity contribution >= 4 is 33.6 Å². The minimum absolute atomic E-state index is 0.356. The summed E-state index contributed by atoms with van der Waals surface area (Å²) in [5, 5.41) is 2.64. The van der Waals surface area contributed by atoms with Crippen LogP contribution >= 0.6 is 11.8 Å². The normalized spacial score (nSPS) is 14.2. The molecule has 7 aromatic rings. The van der Waals surface area contributed by atoms with Crippen LogP contribution in [0.4, 0.5) is 0 Å². The van der Waals surface area contributed by atoms with Crippen LogP contribution in [-0.2, 0) is 5.41 Å². The lowest BCUT2D eigenvalue weighted by Gasteiger charge is -2.40. The molecule has 9 rings (SSSR count). The summed E-state index contributed by atoms with van der Waals surface area (Å²) >= 11 is 1.93. The molecule has 0 bridgehead atoms. The van der Waals surface area contributed by atoms with Gasteiger partial charge in [0.25, 0.3) is 0 Å². The van der Waals surface area contributed by atoms with Gasteiger partial charge in [-0.3, -0.25) is 0 Å². The zero-order valence-electron chi connectivity index (χ0n) is 22.1. The highest BCUT2D eigenvalue weighted by Gasteiger charge is 2.50. The zero-order chi connectivity index (χ0) is 26.4. The zero-order valence-corrected chi connectivity index (χ0v) is 22.9. The Bertz CT molecular complexity index is 2100. The summed E-state index contributed by atoms with van der Waals surface area (Å²) in [4.78, 5) is 2.70. The molecule has 40 heavy (non-hydrogen) atoms. The van der Waals surface area contributed by atoms with E-state index in [1.165, 1.54) is 76.2 Å². The third kappa shape index (κ3) is 2.69. The number of fused-ring (bicyclic) bond motifs is 13. The molecule has 2 aliphatic rings. The average Bonchev–Trinajstić information content (AvgIpc) is 3.50. The van der Waals surface area contributed by atoms with Gasteiger partial charge >= 0.3 is 0 Å². The SMILES string of the molecule is Cc1ccc(-n2c3ccccc3c3c4c(ccc32)C2(c3ccccc3S4)c3ccccc3-c3ccccc32)cc1. The summed E-state index contributed by atoms with van der Waals surface area (Å²) in [5.41, 5.74) is 12.8. The van der Waals surface area contributed by atoms with Gasteiger partial charge in [-0.05, 0) is 70.6 Å². The van der Waals surface area contributed by atoms with Crippen LogP contribution in [-0.4, -0.2) is 4.57 Å². The molecule has 0 radical (unpaired) electrons. The second-order valence-electron chi connectivity index (χ2n) is 11.0. The number of aryl methyl sites for hydroxylation is 1. The number of rotatable bonds is 1. The third-order valence-corrected chi connectivity index (χ3v) is 10.1. The molecule has 1 spiro atoms. The predicted octanol–water partition coefficient (Wildman–Crippen LogP) is 9.92. The van der Waals surface area contributed by atoms with Crippen LogP contribution in [0.1, 0.15) is 27.8 Å². The Morgan fingerprint density at radius 2 is 1.15 bits per heavy atom. The maximum absolute atomic E-state index is 2.44. The van der Waals surface area contributed by atoms with Gasteiger partial charge in [-0.15, -0.1) is 0 Å². The number of benzene rings is 6. The van der Waals surface area contributed by atoms with Gasteiger partial charge in [-0.1, -0.05) is 120 Å². The molecule has 0 saturated carbocycles. The minimum Gasteiger partial charge on any atom is -0.309 e. The molecule has 0 unspecified atom stereocenters. The quantitative estimate of drug-likeness (QED) is 0.206. The van der Waals surface area contributed by atoms with E-state index in [1.54, 1.807) is 0 Å². The van der Waals surface area contributed by atoms with Crippen molar-refractivity contribution in [2.24, 2.45) is 0 Å². The van der Waals surface area contributed by atoms with Gasteiger partial charge in [0.05, 0.1) is 16.4 Å². The topological polar surface area (TPSA) is 4.93 Å². The molecule has 188 valence electrons. The van der Waals surface area contributed by atoms with Gasteiger partial charge in [-0.25, -0.2) is 0 Å². The summed E-state index contributed by atoms with van der Waals surface area (Å²) < 4.78 is 2.44. The van der Waals surface area contributed by atoms with Crippen LogP contribution in [0.25, 0.3) is 38.6 Å². The first-order chi connectivity index (χ1) is 19.8. The fourth-order valence-corrected chi connectivity index (χ4v) is 8.68. The fourth-order valence-electron chi connectivity index (χ4n) is 7.34. The molecule has 1 nitrogen and oxygen atoms in total. The second-order valence-corrected chi connectivity index (χ2v) is 12.0. The Hall–Kier alpha value is -4.53. The van der Waals surface area contributed by atoms with Gasteiger partial charge in [0.2, 0.25) is 0 Å².